The minimum absolute atomic E-state index is 0.355. The number of para-hydroxylation sites is 1. The maximum Gasteiger partial charge on any atom is 0.398 e. The summed E-state index contributed by atoms with van der Waals surface area (Å²) in [4.78, 5) is 12.7. The maximum absolute atomic E-state index is 12.4. The van der Waals surface area contributed by atoms with Gasteiger partial charge in [-0.05, 0) is 29.8 Å². The van der Waals surface area contributed by atoms with E-state index in [1.165, 1.54) is 0 Å². The summed E-state index contributed by atoms with van der Waals surface area (Å²) in [5.41, 5.74) is 1.61. The molecule has 2 rings (SSSR count). The van der Waals surface area contributed by atoms with Crippen molar-refractivity contribution in [2.45, 2.75) is 17.7 Å². The third-order valence-electron chi connectivity index (χ3n) is 3.03. The molecule has 1 amide bonds. The molecule has 24 heavy (non-hydrogen) atoms. The van der Waals surface area contributed by atoms with Crippen molar-refractivity contribution in [3.05, 3.63) is 59.7 Å². The summed E-state index contributed by atoms with van der Waals surface area (Å²) in [6.45, 7) is 0.374. The fourth-order valence-corrected chi connectivity index (χ4v) is 2.79. The standard InChI is InChI=1S/C17H16F3NO2S/c1-23-10-12-5-4-6-13(9-12)16(22)21-14-7-2-3-8-15(14)24-11-17(18,19)20/h2-9H,10-11H2,1H3,(H,21,22). The third-order valence-corrected chi connectivity index (χ3v) is 4.17. The Balaban J connectivity index is 2.13. The van der Waals surface area contributed by atoms with E-state index in [0.717, 1.165) is 5.56 Å². The second-order valence-corrected chi connectivity index (χ2v) is 6.00. The topological polar surface area (TPSA) is 38.3 Å². The zero-order chi connectivity index (χ0) is 17.6. The monoisotopic (exact) mass is 355 g/mol. The van der Waals surface area contributed by atoms with Gasteiger partial charge in [-0.25, -0.2) is 0 Å². The molecule has 0 atom stereocenters. The quantitative estimate of drug-likeness (QED) is 0.761. The molecule has 0 aliphatic heterocycles. The normalized spacial score (nSPS) is 11.3. The second-order valence-electron chi connectivity index (χ2n) is 4.99. The molecule has 0 unspecified atom stereocenters. The highest BCUT2D eigenvalue weighted by atomic mass is 32.2. The highest BCUT2D eigenvalue weighted by Crippen LogP contribution is 2.32. The SMILES string of the molecule is COCc1cccc(C(=O)Nc2ccccc2SCC(F)(F)F)c1. The van der Waals surface area contributed by atoms with Crippen LogP contribution in [0, 0.1) is 0 Å². The van der Waals surface area contributed by atoms with E-state index in [9.17, 15) is 18.0 Å². The van der Waals surface area contributed by atoms with Crippen molar-refractivity contribution in [3.8, 4) is 0 Å². The molecular weight excluding hydrogens is 339 g/mol. The molecule has 0 spiro atoms. The lowest BCUT2D eigenvalue weighted by Gasteiger charge is -2.12. The van der Waals surface area contributed by atoms with Crippen LogP contribution in [0.4, 0.5) is 18.9 Å². The Morgan fingerprint density at radius 1 is 1.17 bits per heavy atom. The summed E-state index contributed by atoms with van der Waals surface area (Å²) in [5.74, 6) is -1.39. The van der Waals surface area contributed by atoms with Gasteiger partial charge in [0.05, 0.1) is 18.0 Å². The molecule has 0 fully saturated rings. The first-order valence-electron chi connectivity index (χ1n) is 7.07. The number of nitrogens with one attached hydrogen (secondary N) is 1. The number of amides is 1. The summed E-state index contributed by atoms with van der Waals surface area (Å²) < 4.78 is 42.2. The van der Waals surface area contributed by atoms with E-state index in [0.29, 0.717) is 34.5 Å². The Morgan fingerprint density at radius 3 is 2.62 bits per heavy atom. The van der Waals surface area contributed by atoms with Gasteiger partial charge in [-0.3, -0.25) is 4.79 Å². The molecule has 2 aromatic carbocycles. The van der Waals surface area contributed by atoms with E-state index in [1.807, 2.05) is 6.07 Å². The van der Waals surface area contributed by atoms with Crippen LogP contribution < -0.4 is 5.32 Å². The average molecular weight is 355 g/mol. The lowest BCUT2D eigenvalue weighted by molar-refractivity contribution is -0.105. The lowest BCUT2D eigenvalue weighted by atomic mass is 10.1. The van der Waals surface area contributed by atoms with Gasteiger partial charge in [-0.15, -0.1) is 11.8 Å². The molecule has 0 heterocycles. The molecular formula is C17H16F3NO2S. The summed E-state index contributed by atoms with van der Waals surface area (Å²) in [6.07, 6.45) is -4.27. The molecule has 128 valence electrons. The number of anilines is 1. The highest BCUT2D eigenvalue weighted by molar-refractivity contribution is 7.99. The van der Waals surface area contributed by atoms with Gasteiger partial charge < -0.3 is 10.1 Å². The van der Waals surface area contributed by atoms with Crippen molar-refractivity contribution in [2.24, 2.45) is 0 Å². The van der Waals surface area contributed by atoms with Gasteiger partial charge in [0.25, 0.3) is 5.91 Å². The number of hydrogen-bond acceptors (Lipinski definition) is 3. The molecule has 0 aliphatic rings. The van der Waals surface area contributed by atoms with E-state index < -0.39 is 11.9 Å². The second kappa shape index (κ2) is 8.21. The minimum Gasteiger partial charge on any atom is -0.380 e. The van der Waals surface area contributed by atoms with Crippen molar-refractivity contribution in [1.29, 1.82) is 0 Å². The first kappa shape index (κ1) is 18.4. The molecule has 0 saturated heterocycles. The number of halogens is 3. The average Bonchev–Trinajstić information content (AvgIpc) is 2.54. The minimum atomic E-state index is -4.27. The molecule has 1 N–H and O–H groups in total. The van der Waals surface area contributed by atoms with E-state index in [4.69, 9.17) is 4.74 Å². The lowest BCUT2D eigenvalue weighted by Crippen LogP contribution is -2.14. The number of hydrogen-bond donors (Lipinski definition) is 1. The predicted octanol–water partition coefficient (Wildman–Crippen LogP) is 4.74. The van der Waals surface area contributed by atoms with Crippen LogP contribution in [0.3, 0.4) is 0 Å². The van der Waals surface area contributed by atoms with Crippen LogP contribution in [0.15, 0.2) is 53.4 Å². The number of carbonyl (C=O) groups is 1. The number of rotatable bonds is 6. The molecule has 0 aromatic heterocycles. The summed E-state index contributed by atoms with van der Waals surface area (Å²) in [6, 6.07) is 13.3. The molecule has 0 aliphatic carbocycles. The van der Waals surface area contributed by atoms with E-state index in [-0.39, 0.29) is 5.91 Å². The number of alkyl halides is 3. The third kappa shape index (κ3) is 5.58. The van der Waals surface area contributed by atoms with Crippen LogP contribution in [0.25, 0.3) is 0 Å². The molecule has 0 bridgehead atoms. The van der Waals surface area contributed by atoms with E-state index >= 15 is 0 Å². The molecule has 2 aromatic rings. The van der Waals surface area contributed by atoms with Crippen molar-refractivity contribution >= 4 is 23.4 Å². The predicted molar refractivity (Wildman–Crippen MR) is 88.3 cm³/mol. The number of thioether (sulfide) groups is 1. The maximum atomic E-state index is 12.4. The van der Waals surface area contributed by atoms with Crippen molar-refractivity contribution < 1.29 is 22.7 Å². The molecule has 7 heteroatoms. The van der Waals surface area contributed by atoms with Gasteiger partial charge in [-0.1, -0.05) is 24.3 Å². The number of ether oxygens (including phenoxy) is 1. The number of methoxy groups -OCH3 is 1. The van der Waals surface area contributed by atoms with Crippen LogP contribution in [0.2, 0.25) is 0 Å². The summed E-state index contributed by atoms with van der Waals surface area (Å²) >= 11 is 0.643. The van der Waals surface area contributed by atoms with Gasteiger partial charge in [-0.2, -0.15) is 13.2 Å². The molecule has 0 saturated carbocycles. The van der Waals surface area contributed by atoms with Crippen molar-refractivity contribution in [3.63, 3.8) is 0 Å². The zero-order valence-corrected chi connectivity index (χ0v) is 13.7. The Hall–Kier alpha value is -1.99. The van der Waals surface area contributed by atoms with Gasteiger partial charge in [0, 0.05) is 17.6 Å². The first-order valence-corrected chi connectivity index (χ1v) is 8.05. The molecule has 3 nitrogen and oxygen atoms in total. The largest absolute Gasteiger partial charge is 0.398 e. The van der Waals surface area contributed by atoms with Gasteiger partial charge in [0.15, 0.2) is 0 Å². The first-order chi connectivity index (χ1) is 11.4. The highest BCUT2D eigenvalue weighted by Gasteiger charge is 2.27. The van der Waals surface area contributed by atoms with Crippen molar-refractivity contribution in [1.82, 2.24) is 0 Å². The van der Waals surface area contributed by atoms with Gasteiger partial charge in [0.1, 0.15) is 0 Å². The van der Waals surface area contributed by atoms with E-state index in [2.05, 4.69) is 5.32 Å². The molecule has 0 radical (unpaired) electrons. The Bertz CT molecular complexity index is 704. The smallest absolute Gasteiger partial charge is 0.380 e. The van der Waals surface area contributed by atoms with Gasteiger partial charge >= 0.3 is 6.18 Å². The Labute approximate surface area is 142 Å². The van der Waals surface area contributed by atoms with Crippen molar-refractivity contribution in [2.75, 3.05) is 18.2 Å². The van der Waals surface area contributed by atoms with E-state index in [1.54, 1.807) is 49.6 Å². The fourth-order valence-electron chi connectivity index (χ4n) is 2.02. The Kier molecular flexibility index (Phi) is 6.28. The van der Waals surface area contributed by atoms with Crippen LogP contribution >= 0.6 is 11.8 Å². The zero-order valence-electron chi connectivity index (χ0n) is 12.9. The van der Waals surface area contributed by atoms with Crippen LogP contribution in [0.1, 0.15) is 15.9 Å². The Morgan fingerprint density at radius 2 is 1.92 bits per heavy atom. The van der Waals surface area contributed by atoms with Crippen LogP contribution in [-0.2, 0) is 11.3 Å². The number of benzene rings is 2. The number of carbonyl (C=O) groups excluding carboxylic acids is 1. The van der Waals surface area contributed by atoms with Crippen LogP contribution in [-0.4, -0.2) is 24.9 Å². The van der Waals surface area contributed by atoms with Crippen LogP contribution in [0.5, 0.6) is 0 Å². The summed E-state index contributed by atoms with van der Waals surface area (Å²) in [5, 5.41) is 2.66. The fraction of sp³-hybridized carbons (Fsp3) is 0.235. The van der Waals surface area contributed by atoms with Gasteiger partial charge in [0.2, 0.25) is 0 Å². The summed E-state index contributed by atoms with van der Waals surface area (Å²) in [7, 11) is 1.56.